The van der Waals surface area contributed by atoms with Crippen molar-refractivity contribution in [2.45, 2.75) is 25.7 Å². The van der Waals surface area contributed by atoms with Gasteiger partial charge in [-0.1, -0.05) is 0 Å². The molecule has 0 aliphatic carbocycles. The smallest absolute Gasteiger partial charge is 0.225 e. The zero-order valence-corrected chi connectivity index (χ0v) is 15.8. The van der Waals surface area contributed by atoms with Gasteiger partial charge in [-0.3, -0.25) is 4.79 Å². The molecule has 8 heteroatoms. The van der Waals surface area contributed by atoms with Gasteiger partial charge in [-0.05, 0) is 43.5 Å². The zero-order chi connectivity index (χ0) is 18.4. The SMILES string of the molecule is O=C(CCS(=O)(=O)N1CCOCC1)Nc1ccc(N2CCCCC2)cc1. The van der Waals surface area contributed by atoms with Crippen molar-refractivity contribution in [3.8, 4) is 0 Å². The Hall–Kier alpha value is -1.64. The van der Waals surface area contributed by atoms with Gasteiger partial charge in [0.25, 0.3) is 0 Å². The average Bonchev–Trinajstić information content (AvgIpc) is 2.68. The van der Waals surface area contributed by atoms with Crippen LogP contribution in [-0.4, -0.2) is 63.8 Å². The van der Waals surface area contributed by atoms with Crippen LogP contribution in [0, 0.1) is 0 Å². The van der Waals surface area contributed by atoms with Crippen molar-refractivity contribution < 1.29 is 17.9 Å². The maximum absolute atomic E-state index is 12.2. The van der Waals surface area contributed by atoms with Crippen LogP contribution in [0.3, 0.4) is 0 Å². The number of hydrogen-bond acceptors (Lipinski definition) is 5. The van der Waals surface area contributed by atoms with E-state index in [9.17, 15) is 13.2 Å². The minimum Gasteiger partial charge on any atom is -0.379 e. The molecule has 2 aliphatic heterocycles. The lowest BCUT2D eigenvalue weighted by Gasteiger charge is -2.28. The first-order valence-electron chi connectivity index (χ1n) is 9.25. The Morgan fingerprint density at radius 1 is 1.00 bits per heavy atom. The standard InChI is InChI=1S/C18H27N3O4S/c22-18(8-15-26(23,24)21-11-13-25-14-12-21)19-16-4-6-17(7-5-16)20-9-2-1-3-10-20/h4-7H,1-3,8-15H2,(H,19,22). The van der Waals surface area contributed by atoms with Crippen molar-refractivity contribution >= 4 is 27.3 Å². The molecule has 144 valence electrons. The lowest BCUT2D eigenvalue weighted by Crippen LogP contribution is -2.42. The van der Waals surface area contributed by atoms with Crippen molar-refractivity contribution in [3.63, 3.8) is 0 Å². The van der Waals surface area contributed by atoms with Gasteiger partial charge in [-0.2, -0.15) is 4.31 Å². The number of anilines is 2. The predicted molar refractivity (Wildman–Crippen MR) is 102 cm³/mol. The van der Waals surface area contributed by atoms with E-state index in [1.54, 1.807) is 0 Å². The molecule has 2 fully saturated rings. The van der Waals surface area contributed by atoms with Crippen LogP contribution in [0.1, 0.15) is 25.7 Å². The molecule has 2 saturated heterocycles. The molecule has 0 spiro atoms. The van der Waals surface area contributed by atoms with Crippen molar-refractivity contribution in [1.82, 2.24) is 4.31 Å². The molecule has 1 aromatic rings. The minimum absolute atomic E-state index is 0.0480. The fraction of sp³-hybridized carbons (Fsp3) is 0.611. The Morgan fingerprint density at radius 3 is 2.31 bits per heavy atom. The van der Waals surface area contributed by atoms with E-state index in [0.717, 1.165) is 18.8 Å². The Kier molecular flexibility index (Phi) is 6.50. The maximum Gasteiger partial charge on any atom is 0.225 e. The molecule has 1 amide bonds. The number of carbonyl (C=O) groups excluding carboxylic acids is 1. The molecule has 0 radical (unpaired) electrons. The van der Waals surface area contributed by atoms with E-state index in [1.807, 2.05) is 24.3 Å². The molecular formula is C18H27N3O4S. The summed E-state index contributed by atoms with van der Waals surface area (Å²) in [5.41, 5.74) is 1.86. The van der Waals surface area contributed by atoms with Crippen molar-refractivity contribution in [3.05, 3.63) is 24.3 Å². The van der Waals surface area contributed by atoms with Crippen LogP contribution in [0.25, 0.3) is 0 Å². The first-order valence-corrected chi connectivity index (χ1v) is 10.9. The molecule has 1 aromatic carbocycles. The van der Waals surface area contributed by atoms with Crippen LogP contribution >= 0.6 is 0 Å². The van der Waals surface area contributed by atoms with E-state index in [0.29, 0.717) is 32.0 Å². The third-order valence-corrected chi connectivity index (χ3v) is 6.69. The molecule has 1 N–H and O–H groups in total. The van der Waals surface area contributed by atoms with Crippen LogP contribution < -0.4 is 10.2 Å². The summed E-state index contributed by atoms with van der Waals surface area (Å²) in [5, 5.41) is 2.78. The number of ether oxygens (including phenoxy) is 1. The summed E-state index contributed by atoms with van der Waals surface area (Å²) < 4.78 is 31.1. The monoisotopic (exact) mass is 381 g/mol. The topological polar surface area (TPSA) is 79.0 Å². The number of benzene rings is 1. The van der Waals surface area contributed by atoms with Crippen LogP contribution in [0.2, 0.25) is 0 Å². The van der Waals surface area contributed by atoms with E-state index in [1.165, 1.54) is 23.6 Å². The molecule has 26 heavy (non-hydrogen) atoms. The fourth-order valence-corrected chi connectivity index (χ4v) is 4.71. The number of carbonyl (C=O) groups is 1. The third kappa shape index (κ3) is 5.18. The highest BCUT2D eigenvalue weighted by Crippen LogP contribution is 2.22. The molecule has 2 aliphatic rings. The Morgan fingerprint density at radius 2 is 1.65 bits per heavy atom. The molecule has 7 nitrogen and oxygen atoms in total. The van der Waals surface area contributed by atoms with Crippen LogP contribution in [-0.2, 0) is 19.6 Å². The Labute approximate surface area is 155 Å². The van der Waals surface area contributed by atoms with Gasteiger partial charge >= 0.3 is 0 Å². The molecule has 0 bridgehead atoms. The van der Waals surface area contributed by atoms with Gasteiger partial charge in [0, 0.05) is 44.0 Å². The number of nitrogens with one attached hydrogen (secondary N) is 1. The first kappa shape index (κ1) is 19.1. The fourth-order valence-electron chi connectivity index (χ4n) is 3.31. The predicted octanol–water partition coefficient (Wildman–Crippen LogP) is 1.67. The van der Waals surface area contributed by atoms with Gasteiger partial charge in [-0.25, -0.2) is 8.42 Å². The zero-order valence-electron chi connectivity index (χ0n) is 15.0. The normalized spacial score (nSPS) is 19.3. The first-order chi connectivity index (χ1) is 12.5. The van der Waals surface area contributed by atoms with E-state index in [4.69, 9.17) is 4.74 Å². The molecule has 3 rings (SSSR count). The highest BCUT2D eigenvalue weighted by atomic mass is 32.2. The summed E-state index contributed by atoms with van der Waals surface area (Å²) in [7, 11) is -3.41. The maximum atomic E-state index is 12.2. The highest BCUT2D eigenvalue weighted by Gasteiger charge is 2.24. The van der Waals surface area contributed by atoms with Gasteiger partial charge in [0.1, 0.15) is 0 Å². The number of rotatable bonds is 6. The number of hydrogen-bond donors (Lipinski definition) is 1. The van der Waals surface area contributed by atoms with E-state index >= 15 is 0 Å². The van der Waals surface area contributed by atoms with Crippen LogP contribution in [0.4, 0.5) is 11.4 Å². The third-order valence-electron chi connectivity index (χ3n) is 4.82. The summed E-state index contributed by atoms with van der Waals surface area (Å²) in [6.45, 7) is 3.70. The van der Waals surface area contributed by atoms with E-state index in [2.05, 4.69) is 10.2 Å². The van der Waals surface area contributed by atoms with Gasteiger partial charge in [0.15, 0.2) is 0 Å². The van der Waals surface area contributed by atoms with Crippen molar-refractivity contribution in [2.75, 3.05) is 55.4 Å². The van der Waals surface area contributed by atoms with Gasteiger partial charge in [0.2, 0.25) is 15.9 Å². The molecule has 0 unspecified atom stereocenters. The van der Waals surface area contributed by atoms with Crippen molar-refractivity contribution in [1.29, 1.82) is 0 Å². The second-order valence-electron chi connectivity index (χ2n) is 6.72. The lowest BCUT2D eigenvalue weighted by atomic mass is 10.1. The largest absolute Gasteiger partial charge is 0.379 e. The van der Waals surface area contributed by atoms with Gasteiger partial charge < -0.3 is 15.0 Å². The Balaban J connectivity index is 1.48. The number of piperidine rings is 1. The summed E-state index contributed by atoms with van der Waals surface area (Å²) >= 11 is 0. The number of morpholine rings is 1. The summed E-state index contributed by atoms with van der Waals surface area (Å²) in [5.74, 6) is -0.461. The summed E-state index contributed by atoms with van der Waals surface area (Å²) in [4.78, 5) is 14.5. The van der Waals surface area contributed by atoms with E-state index in [-0.39, 0.29) is 18.1 Å². The second kappa shape index (κ2) is 8.83. The number of sulfonamides is 1. The quantitative estimate of drug-likeness (QED) is 0.811. The second-order valence-corrected chi connectivity index (χ2v) is 8.81. The molecule has 0 saturated carbocycles. The minimum atomic E-state index is -3.41. The van der Waals surface area contributed by atoms with Crippen LogP contribution in [0.5, 0.6) is 0 Å². The van der Waals surface area contributed by atoms with Gasteiger partial charge in [0.05, 0.1) is 19.0 Å². The van der Waals surface area contributed by atoms with Crippen LogP contribution in [0.15, 0.2) is 24.3 Å². The molecule has 0 aromatic heterocycles. The number of nitrogens with zero attached hydrogens (tertiary/aromatic N) is 2. The van der Waals surface area contributed by atoms with Gasteiger partial charge in [-0.15, -0.1) is 0 Å². The highest BCUT2D eigenvalue weighted by molar-refractivity contribution is 7.89. The number of amides is 1. The molecule has 2 heterocycles. The van der Waals surface area contributed by atoms with Crippen molar-refractivity contribution in [2.24, 2.45) is 0 Å². The molecule has 0 atom stereocenters. The lowest BCUT2D eigenvalue weighted by molar-refractivity contribution is -0.115. The summed E-state index contributed by atoms with van der Waals surface area (Å²) in [6.07, 6.45) is 3.68. The average molecular weight is 381 g/mol. The molecular weight excluding hydrogens is 354 g/mol. The summed E-state index contributed by atoms with van der Waals surface area (Å²) in [6, 6.07) is 7.76. The Bertz CT molecular complexity index is 694. The van der Waals surface area contributed by atoms with E-state index < -0.39 is 10.0 Å².